The molecule has 0 aliphatic heterocycles. The molecule has 0 radical (unpaired) electrons. The minimum atomic E-state index is -0.667. The van der Waals surface area contributed by atoms with E-state index in [0.29, 0.717) is 17.4 Å². The predicted molar refractivity (Wildman–Crippen MR) is 86.1 cm³/mol. The Morgan fingerprint density at radius 3 is 2.62 bits per heavy atom. The maximum atomic E-state index is 11.6. The van der Waals surface area contributed by atoms with Crippen LogP contribution in [0.4, 0.5) is 0 Å². The van der Waals surface area contributed by atoms with Gasteiger partial charge in [0.2, 0.25) is 0 Å². The number of hydrogen-bond acceptors (Lipinski definition) is 4. The van der Waals surface area contributed by atoms with Gasteiger partial charge in [0.15, 0.2) is 10.9 Å². The van der Waals surface area contributed by atoms with E-state index in [2.05, 4.69) is 10.8 Å². The minimum Gasteiger partial charge on any atom is -0.469 e. The first-order valence-electron chi connectivity index (χ1n) is 6.62. The third kappa shape index (κ3) is 5.23. The summed E-state index contributed by atoms with van der Waals surface area (Å²) >= 11 is 5.12. The Morgan fingerprint density at radius 1 is 1.33 bits per heavy atom. The van der Waals surface area contributed by atoms with Crippen LogP contribution in [0.5, 0.6) is 5.75 Å². The highest BCUT2D eigenvalue weighted by atomic mass is 32.1. The second kappa shape index (κ2) is 7.26. The fourth-order valence-corrected chi connectivity index (χ4v) is 1.72. The smallest absolute Gasteiger partial charge is 0.313 e. The first-order valence-corrected chi connectivity index (χ1v) is 7.03. The Hall–Kier alpha value is -1.82. The van der Waals surface area contributed by atoms with Crippen LogP contribution in [0.25, 0.3) is 0 Å². The van der Waals surface area contributed by atoms with Crippen LogP contribution >= 0.6 is 12.2 Å². The lowest BCUT2D eigenvalue weighted by Gasteiger charge is -2.22. The number of esters is 1. The molecular formula is C15H22N2O3S. The number of carbonyl (C=O) groups excluding carboxylic acids is 1. The number of methoxy groups -OCH3 is 1. The van der Waals surface area contributed by atoms with Crippen molar-refractivity contribution in [1.82, 2.24) is 10.8 Å². The summed E-state index contributed by atoms with van der Waals surface area (Å²) in [5.74, 6) is 0.416. The van der Waals surface area contributed by atoms with Crippen molar-refractivity contribution in [3.63, 3.8) is 0 Å². The molecule has 6 heteroatoms. The monoisotopic (exact) mass is 310 g/mol. The lowest BCUT2D eigenvalue weighted by molar-refractivity contribution is -0.150. The number of nitrogens with one attached hydrogen (secondary N) is 2. The van der Waals surface area contributed by atoms with Gasteiger partial charge in [0.25, 0.3) is 0 Å². The lowest BCUT2D eigenvalue weighted by atomic mass is 9.94. The lowest BCUT2D eigenvalue weighted by Crippen LogP contribution is -2.44. The standard InChI is InChI=1S/C15H22N2O3S/c1-10-6-7-11(2)12(8-10)20-17-14(21)16-9-15(3,4)13(18)19-5/h6-8H,9H2,1-5H3,(H2,16,17,21). The highest BCUT2D eigenvalue weighted by molar-refractivity contribution is 7.80. The summed E-state index contributed by atoms with van der Waals surface area (Å²) < 4.78 is 4.73. The zero-order valence-corrected chi connectivity index (χ0v) is 13.9. The number of hydroxylamine groups is 1. The molecule has 0 unspecified atom stereocenters. The maximum Gasteiger partial charge on any atom is 0.313 e. The molecule has 2 N–H and O–H groups in total. The van der Waals surface area contributed by atoms with E-state index in [1.165, 1.54) is 7.11 Å². The number of benzene rings is 1. The number of hydrogen-bond donors (Lipinski definition) is 2. The Balaban J connectivity index is 2.48. The van der Waals surface area contributed by atoms with E-state index in [9.17, 15) is 4.79 Å². The van der Waals surface area contributed by atoms with Crippen molar-refractivity contribution in [2.45, 2.75) is 27.7 Å². The van der Waals surface area contributed by atoms with Gasteiger partial charge in [-0.15, -0.1) is 0 Å². The molecule has 116 valence electrons. The molecule has 0 saturated heterocycles. The van der Waals surface area contributed by atoms with Crippen molar-refractivity contribution in [3.8, 4) is 5.75 Å². The number of aryl methyl sites for hydroxylation is 2. The topological polar surface area (TPSA) is 59.6 Å². The Bertz CT molecular complexity index is 530. The van der Waals surface area contributed by atoms with Gasteiger partial charge in [-0.1, -0.05) is 12.1 Å². The molecule has 0 aliphatic carbocycles. The first-order chi connectivity index (χ1) is 9.76. The molecule has 0 amide bonds. The summed E-state index contributed by atoms with van der Waals surface area (Å²) in [5, 5.41) is 3.25. The van der Waals surface area contributed by atoms with Gasteiger partial charge in [-0.3, -0.25) is 4.79 Å². The van der Waals surface area contributed by atoms with Crippen molar-refractivity contribution in [2.24, 2.45) is 5.41 Å². The highest BCUT2D eigenvalue weighted by Gasteiger charge is 2.28. The molecule has 0 atom stereocenters. The molecule has 0 bridgehead atoms. The summed E-state index contributed by atoms with van der Waals surface area (Å²) in [5.41, 5.74) is 4.10. The van der Waals surface area contributed by atoms with Crippen LogP contribution in [0, 0.1) is 19.3 Å². The van der Waals surface area contributed by atoms with E-state index < -0.39 is 5.41 Å². The molecule has 0 saturated carbocycles. The third-order valence-electron chi connectivity index (χ3n) is 3.03. The fraction of sp³-hybridized carbons (Fsp3) is 0.467. The van der Waals surface area contributed by atoms with E-state index in [1.54, 1.807) is 13.8 Å². The van der Waals surface area contributed by atoms with Gasteiger partial charge in [0.1, 0.15) is 0 Å². The zero-order valence-electron chi connectivity index (χ0n) is 13.1. The van der Waals surface area contributed by atoms with Crippen molar-refractivity contribution >= 4 is 23.3 Å². The highest BCUT2D eigenvalue weighted by Crippen LogP contribution is 2.18. The molecule has 0 spiro atoms. The van der Waals surface area contributed by atoms with Crippen LogP contribution < -0.4 is 15.6 Å². The van der Waals surface area contributed by atoms with Gasteiger partial charge >= 0.3 is 5.97 Å². The minimum absolute atomic E-state index is 0.298. The molecule has 21 heavy (non-hydrogen) atoms. The van der Waals surface area contributed by atoms with Crippen LogP contribution in [0.3, 0.4) is 0 Å². The number of carbonyl (C=O) groups is 1. The summed E-state index contributed by atoms with van der Waals surface area (Å²) in [6.45, 7) is 7.84. The summed E-state index contributed by atoms with van der Waals surface area (Å²) in [6.07, 6.45) is 0. The normalized spacial score (nSPS) is 10.7. The summed E-state index contributed by atoms with van der Waals surface area (Å²) in [4.78, 5) is 17.0. The average molecular weight is 310 g/mol. The Kier molecular flexibility index (Phi) is 5.96. The molecule has 0 fully saturated rings. The number of ether oxygens (including phenoxy) is 1. The predicted octanol–water partition coefficient (Wildman–Crippen LogP) is 2.26. The largest absolute Gasteiger partial charge is 0.469 e. The molecule has 0 aliphatic rings. The molecule has 1 aromatic carbocycles. The molecule has 1 rings (SSSR count). The summed E-state index contributed by atoms with van der Waals surface area (Å²) in [7, 11) is 1.37. The molecular weight excluding hydrogens is 288 g/mol. The van der Waals surface area contributed by atoms with Crippen molar-refractivity contribution in [1.29, 1.82) is 0 Å². The van der Waals surface area contributed by atoms with Gasteiger partial charge in [0, 0.05) is 6.54 Å². The molecule has 0 heterocycles. The van der Waals surface area contributed by atoms with E-state index >= 15 is 0 Å². The number of rotatable bonds is 5. The summed E-state index contributed by atoms with van der Waals surface area (Å²) in [6, 6.07) is 5.91. The molecule has 5 nitrogen and oxygen atoms in total. The van der Waals surface area contributed by atoms with E-state index in [0.717, 1.165) is 11.1 Å². The average Bonchev–Trinajstić information content (AvgIpc) is 2.45. The van der Waals surface area contributed by atoms with Gasteiger partial charge < -0.3 is 14.9 Å². The van der Waals surface area contributed by atoms with Crippen molar-refractivity contribution in [3.05, 3.63) is 29.3 Å². The van der Waals surface area contributed by atoms with E-state index in [1.807, 2.05) is 32.0 Å². The zero-order chi connectivity index (χ0) is 16.0. The number of thiocarbonyl (C=S) groups is 1. The van der Waals surface area contributed by atoms with Crippen LogP contribution in [0.2, 0.25) is 0 Å². The van der Waals surface area contributed by atoms with Gasteiger partial charge in [-0.05, 0) is 57.1 Å². The van der Waals surface area contributed by atoms with Crippen LogP contribution in [0.1, 0.15) is 25.0 Å². The fourth-order valence-electron chi connectivity index (χ4n) is 1.60. The molecule has 0 aromatic heterocycles. The van der Waals surface area contributed by atoms with Gasteiger partial charge in [-0.25, -0.2) is 0 Å². The molecule has 1 aromatic rings. The van der Waals surface area contributed by atoms with Crippen molar-refractivity contribution < 1.29 is 14.4 Å². The van der Waals surface area contributed by atoms with E-state index in [4.69, 9.17) is 21.8 Å². The van der Waals surface area contributed by atoms with Gasteiger partial charge in [0.05, 0.1) is 12.5 Å². The second-order valence-electron chi connectivity index (χ2n) is 5.53. The third-order valence-corrected chi connectivity index (χ3v) is 3.25. The van der Waals surface area contributed by atoms with Crippen LogP contribution in [0.15, 0.2) is 18.2 Å². The maximum absolute atomic E-state index is 11.6. The first kappa shape index (κ1) is 17.2. The second-order valence-corrected chi connectivity index (χ2v) is 5.94. The van der Waals surface area contributed by atoms with Crippen LogP contribution in [-0.4, -0.2) is 24.7 Å². The SMILES string of the molecule is COC(=O)C(C)(C)CNC(=S)NOc1cc(C)ccc1C. The van der Waals surface area contributed by atoms with Gasteiger partial charge in [-0.2, -0.15) is 5.48 Å². The van der Waals surface area contributed by atoms with Crippen molar-refractivity contribution in [2.75, 3.05) is 13.7 Å². The quantitative estimate of drug-likeness (QED) is 0.494. The van der Waals surface area contributed by atoms with E-state index in [-0.39, 0.29) is 5.97 Å². The van der Waals surface area contributed by atoms with Crippen LogP contribution in [-0.2, 0) is 9.53 Å². The Morgan fingerprint density at radius 2 is 2.00 bits per heavy atom. The Labute approximate surface area is 131 Å².